The van der Waals surface area contributed by atoms with Gasteiger partial charge in [-0.3, -0.25) is 4.79 Å². The van der Waals surface area contributed by atoms with Crippen molar-refractivity contribution >= 4 is 18.3 Å². The lowest BCUT2D eigenvalue weighted by molar-refractivity contribution is 0.0787. The summed E-state index contributed by atoms with van der Waals surface area (Å²) < 4.78 is 1.95. The molecule has 1 N–H and O–H groups in total. The monoisotopic (exact) mass is 307 g/mol. The first-order valence-corrected chi connectivity index (χ1v) is 6.76. The molecule has 0 unspecified atom stereocenters. The molecule has 0 aliphatic heterocycles. The molecule has 1 aromatic heterocycles. The number of hydrogen-bond acceptors (Lipinski definition) is 2. The molecule has 0 saturated heterocycles. The number of amides is 1. The highest BCUT2D eigenvalue weighted by Gasteiger charge is 2.16. The van der Waals surface area contributed by atoms with E-state index in [1.807, 2.05) is 68.2 Å². The number of nitrogens with one attached hydrogen (secondary N) is 1. The summed E-state index contributed by atoms with van der Waals surface area (Å²) in [5.41, 5.74) is 2.88. The minimum Gasteiger partial charge on any atom is -0.340 e. The summed E-state index contributed by atoms with van der Waals surface area (Å²) in [6.45, 7) is 1.49. The SMILES string of the molecule is CNCCN(C)C(=O)c1ccc(-c2ccccc2)n1C.Cl. The van der Waals surface area contributed by atoms with Crippen LogP contribution in [0.3, 0.4) is 0 Å². The summed E-state index contributed by atoms with van der Waals surface area (Å²) in [6.07, 6.45) is 0. The smallest absolute Gasteiger partial charge is 0.270 e. The maximum Gasteiger partial charge on any atom is 0.270 e. The minimum atomic E-state index is 0. The predicted octanol–water partition coefficient (Wildman–Crippen LogP) is 2.41. The molecule has 2 rings (SSSR count). The first-order chi connectivity index (χ1) is 9.65. The average molecular weight is 308 g/mol. The number of carbonyl (C=O) groups excluding carboxylic acids is 1. The van der Waals surface area contributed by atoms with Crippen molar-refractivity contribution in [2.75, 3.05) is 27.2 Å². The Morgan fingerprint density at radius 3 is 2.48 bits per heavy atom. The summed E-state index contributed by atoms with van der Waals surface area (Å²) in [6, 6.07) is 14.0. The van der Waals surface area contributed by atoms with Crippen molar-refractivity contribution in [1.82, 2.24) is 14.8 Å². The van der Waals surface area contributed by atoms with Crippen molar-refractivity contribution in [2.45, 2.75) is 0 Å². The van der Waals surface area contributed by atoms with Crippen molar-refractivity contribution in [1.29, 1.82) is 0 Å². The molecule has 2 aromatic rings. The Labute approximate surface area is 132 Å². The quantitative estimate of drug-likeness (QED) is 0.921. The first-order valence-electron chi connectivity index (χ1n) is 6.76. The molecule has 21 heavy (non-hydrogen) atoms. The third-order valence-electron chi connectivity index (χ3n) is 3.45. The van der Waals surface area contributed by atoms with Crippen LogP contribution in [0.25, 0.3) is 11.3 Å². The Morgan fingerprint density at radius 1 is 1.19 bits per heavy atom. The van der Waals surface area contributed by atoms with Crippen LogP contribution in [0.4, 0.5) is 0 Å². The summed E-state index contributed by atoms with van der Waals surface area (Å²) in [7, 11) is 5.64. The lowest BCUT2D eigenvalue weighted by Gasteiger charge is -2.17. The van der Waals surface area contributed by atoms with Crippen LogP contribution in [0.15, 0.2) is 42.5 Å². The fourth-order valence-corrected chi connectivity index (χ4v) is 2.20. The highest BCUT2D eigenvalue weighted by Crippen LogP contribution is 2.21. The topological polar surface area (TPSA) is 37.3 Å². The van der Waals surface area contributed by atoms with Gasteiger partial charge in [0.2, 0.25) is 0 Å². The molecule has 0 fully saturated rings. The Hall–Kier alpha value is -1.78. The van der Waals surface area contributed by atoms with Gasteiger partial charge in [0.1, 0.15) is 5.69 Å². The van der Waals surface area contributed by atoms with Gasteiger partial charge in [0.15, 0.2) is 0 Å². The maximum absolute atomic E-state index is 12.4. The van der Waals surface area contributed by atoms with Gasteiger partial charge in [0.25, 0.3) is 5.91 Å². The van der Waals surface area contributed by atoms with Gasteiger partial charge < -0.3 is 14.8 Å². The zero-order valence-corrected chi connectivity index (χ0v) is 13.5. The number of likely N-dealkylation sites (N-methyl/N-ethyl adjacent to an activating group) is 2. The van der Waals surface area contributed by atoms with E-state index in [-0.39, 0.29) is 18.3 Å². The number of benzene rings is 1. The molecule has 1 amide bonds. The molecule has 0 aliphatic carbocycles. The molecular weight excluding hydrogens is 286 g/mol. The summed E-state index contributed by atoms with van der Waals surface area (Å²) >= 11 is 0. The summed E-state index contributed by atoms with van der Waals surface area (Å²) in [5, 5.41) is 3.05. The van der Waals surface area contributed by atoms with Crippen LogP contribution in [-0.4, -0.2) is 42.6 Å². The normalized spacial score (nSPS) is 10.0. The van der Waals surface area contributed by atoms with Gasteiger partial charge in [0, 0.05) is 32.9 Å². The van der Waals surface area contributed by atoms with E-state index in [9.17, 15) is 4.79 Å². The van der Waals surface area contributed by atoms with Gasteiger partial charge in [-0.2, -0.15) is 0 Å². The van der Waals surface area contributed by atoms with Crippen LogP contribution < -0.4 is 5.32 Å². The molecule has 0 saturated carbocycles. The zero-order valence-electron chi connectivity index (χ0n) is 12.7. The fourth-order valence-electron chi connectivity index (χ4n) is 2.20. The Balaban J connectivity index is 0.00000220. The van der Waals surface area contributed by atoms with Crippen molar-refractivity contribution < 1.29 is 4.79 Å². The van der Waals surface area contributed by atoms with E-state index in [1.54, 1.807) is 4.90 Å². The highest BCUT2D eigenvalue weighted by molar-refractivity contribution is 5.93. The summed E-state index contributed by atoms with van der Waals surface area (Å²) in [5.74, 6) is 0.0462. The molecule has 0 atom stereocenters. The molecule has 5 heteroatoms. The zero-order chi connectivity index (χ0) is 14.5. The first kappa shape index (κ1) is 17.3. The second kappa shape index (κ2) is 7.86. The molecule has 114 valence electrons. The van der Waals surface area contributed by atoms with Crippen LogP contribution in [0.2, 0.25) is 0 Å². The van der Waals surface area contributed by atoms with Gasteiger partial charge in [-0.15, -0.1) is 12.4 Å². The maximum atomic E-state index is 12.4. The lowest BCUT2D eigenvalue weighted by atomic mass is 10.2. The average Bonchev–Trinajstić information content (AvgIpc) is 2.86. The van der Waals surface area contributed by atoms with Crippen LogP contribution in [0.1, 0.15) is 10.5 Å². The van der Waals surface area contributed by atoms with Crippen LogP contribution >= 0.6 is 12.4 Å². The number of rotatable bonds is 5. The van der Waals surface area contributed by atoms with E-state index in [1.165, 1.54) is 0 Å². The molecule has 0 radical (unpaired) electrons. The fraction of sp³-hybridized carbons (Fsp3) is 0.312. The van der Waals surface area contributed by atoms with Crippen molar-refractivity contribution in [2.24, 2.45) is 7.05 Å². The van der Waals surface area contributed by atoms with Gasteiger partial charge in [-0.25, -0.2) is 0 Å². The minimum absolute atomic E-state index is 0. The van der Waals surface area contributed by atoms with E-state index in [2.05, 4.69) is 5.32 Å². The van der Waals surface area contributed by atoms with E-state index in [0.717, 1.165) is 17.8 Å². The van der Waals surface area contributed by atoms with Crippen molar-refractivity contribution in [3.8, 4) is 11.3 Å². The molecule has 4 nitrogen and oxygen atoms in total. The highest BCUT2D eigenvalue weighted by atomic mass is 35.5. The van der Waals surface area contributed by atoms with Gasteiger partial charge in [-0.05, 0) is 24.7 Å². The van der Waals surface area contributed by atoms with E-state index in [0.29, 0.717) is 12.2 Å². The second-order valence-corrected chi connectivity index (χ2v) is 4.86. The molecule has 0 spiro atoms. The number of carbonyl (C=O) groups is 1. The number of aromatic nitrogens is 1. The molecular formula is C16H22ClN3O. The number of nitrogens with zero attached hydrogens (tertiary/aromatic N) is 2. The van der Waals surface area contributed by atoms with Gasteiger partial charge in [0.05, 0.1) is 0 Å². The predicted molar refractivity (Wildman–Crippen MR) is 89.0 cm³/mol. The summed E-state index contributed by atoms with van der Waals surface area (Å²) in [4.78, 5) is 14.1. The van der Waals surface area contributed by atoms with E-state index in [4.69, 9.17) is 0 Å². The van der Waals surface area contributed by atoms with E-state index >= 15 is 0 Å². The number of hydrogen-bond donors (Lipinski definition) is 1. The Morgan fingerprint density at radius 2 is 1.86 bits per heavy atom. The van der Waals surface area contributed by atoms with Crippen LogP contribution in [0.5, 0.6) is 0 Å². The van der Waals surface area contributed by atoms with Crippen molar-refractivity contribution in [3.63, 3.8) is 0 Å². The Bertz CT molecular complexity index is 580. The largest absolute Gasteiger partial charge is 0.340 e. The molecule has 0 bridgehead atoms. The molecule has 1 heterocycles. The van der Waals surface area contributed by atoms with Crippen LogP contribution in [0, 0.1) is 0 Å². The van der Waals surface area contributed by atoms with Crippen molar-refractivity contribution in [3.05, 3.63) is 48.2 Å². The molecule has 0 aliphatic rings. The van der Waals surface area contributed by atoms with Gasteiger partial charge >= 0.3 is 0 Å². The Kier molecular flexibility index (Phi) is 6.46. The van der Waals surface area contributed by atoms with E-state index < -0.39 is 0 Å². The second-order valence-electron chi connectivity index (χ2n) is 4.86. The molecule has 1 aromatic carbocycles. The number of halogens is 1. The van der Waals surface area contributed by atoms with Crippen LogP contribution in [-0.2, 0) is 7.05 Å². The third-order valence-corrected chi connectivity index (χ3v) is 3.45. The van der Waals surface area contributed by atoms with Gasteiger partial charge in [-0.1, -0.05) is 30.3 Å². The lowest BCUT2D eigenvalue weighted by Crippen LogP contribution is -2.33. The third kappa shape index (κ3) is 3.86. The standard InChI is InChI=1S/C16H21N3O.ClH/c1-17-11-12-18(2)16(20)15-10-9-14(19(15)3)13-7-5-4-6-8-13;/h4-10,17H,11-12H2,1-3H3;1H.